The number of rotatable bonds is 9. The normalized spacial score (nSPS) is 10.1. The quantitative estimate of drug-likeness (QED) is 0.144. The average molecular weight is 606 g/mol. The average Bonchev–Trinajstić information content (AvgIpc) is 3.06. The first-order valence-corrected chi connectivity index (χ1v) is 13.2. The van der Waals surface area contributed by atoms with Crippen LogP contribution in [0.25, 0.3) is 0 Å². The van der Waals surface area contributed by atoms with Crippen molar-refractivity contribution < 1.29 is 28.7 Å². The molecule has 0 saturated heterocycles. The van der Waals surface area contributed by atoms with Gasteiger partial charge >= 0.3 is 0 Å². The zero-order valence-corrected chi connectivity index (χ0v) is 25.4. The molecule has 0 spiro atoms. The molecule has 0 bridgehead atoms. The summed E-state index contributed by atoms with van der Waals surface area (Å²) in [6.07, 6.45) is 0. The Labute approximate surface area is 255 Å². The van der Waals surface area contributed by atoms with Gasteiger partial charge in [-0.3, -0.25) is 19.3 Å². The minimum Gasteiger partial charge on any atom is -0.481 e. The van der Waals surface area contributed by atoms with E-state index in [1.807, 2.05) is 60.7 Å². The first-order chi connectivity index (χ1) is 20.7. The number of carbonyl (C=O) groups excluding carboxylic acids is 2. The monoisotopic (exact) mass is 605 g/mol. The van der Waals surface area contributed by atoms with Crippen molar-refractivity contribution in [2.75, 3.05) is 42.5 Å². The number of amides is 2. The third-order valence-corrected chi connectivity index (χ3v) is 6.11. The van der Waals surface area contributed by atoms with E-state index < -0.39 is 0 Å². The van der Waals surface area contributed by atoms with Gasteiger partial charge in [0.25, 0.3) is 11.8 Å². The fraction of sp³-hybridized carbons (Fsp3) is 0.194. The van der Waals surface area contributed by atoms with E-state index in [4.69, 9.17) is 35.7 Å². The zero-order valence-electron chi connectivity index (χ0n) is 24.6. The molecule has 4 aromatic rings. The summed E-state index contributed by atoms with van der Waals surface area (Å²) in [5.74, 6) is 0.320. The largest absolute Gasteiger partial charge is 0.481 e. The number of benzene rings is 2. The SMILES string of the molecule is COc1cc(C(=O)N(C)OC)cc(Cl)n1.COc1cc(C(=O)N(C)OC)cc(N=C(c2ccccc2)c2ccccc2)n1. The lowest BCUT2D eigenvalue weighted by atomic mass is 10.0. The Kier molecular flexibility index (Phi) is 12.1. The number of hydrogen-bond donors (Lipinski definition) is 0. The predicted octanol–water partition coefficient (Wildman–Crippen LogP) is 5.27. The molecule has 0 N–H and O–H groups in total. The van der Waals surface area contributed by atoms with Crippen molar-refractivity contribution in [3.63, 3.8) is 0 Å². The molecule has 0 aliphatic carbocycles. The fourth-order valence-corrected chi connectivity index (χ4v) is 3.81. The van der Waals surface area contributed by atoms with Gasteiger partial charge in [0.2, 0.25) is 11.8 Å². The zero-order chi connectivity index (χ0) is 31.4. The highest BCUT2D eigenvalue weighted by Gasteiger charge is 2.16. The van der Waals surface area contributed by atoms with Crippen LogP contribution in [-0.4, -0.2) is 80.2 Å². The van der Waals surface area contributed by atoms with Crippen molar-refractivity contribution in [3.05, 3.63) is 112 Å². The van der Waals surface area contributed by atoms with Crippen LogP contribution >= 0.6 is 11.6 Å². The van der Waals surface area contributed by atoms with Crippen molar-refractivity contribution in [2.45, 2.75) is 0 Å². The van der Waals surface area contributed by atoms with Crippen LogP contribution in [0.3, 0.4) is 0 Å². The minimum absolute atomic E-state index is 0.196. The van der Waals surface area contributed by atoms with Gasteiger partial charge in [-0.2, -0.15) is 4.98 Å². The number of hydroxylamine groups is 4. The molecule has 11 nitrogen and oxygen atoms in total. The van der Waals surface area contributed by atoms with Gasteiger partial charge in [0.05, 0.1) is 45.3 Å². The van der Waals surface area contributed by atoms with Crippen LogP contribution < -0.4 is 9.47 Å². The number of hydrogen-bond acceptors (Lipinski definition) is 9. The molecule has 2 amide bonds. The van der Waals surface area contributed by atoms with Crippen molar-refractivity contribution in [1.82, 2.24) is 20.1 Å². The second-order valence-corrected chi connectivity index (χ2v) is 9.03. The summed E-state index contributed by atoms with van der Waals surface area (Å²) in [6.45, 7) is 0. The van der Waals surface area contributed by atoms with Crippen LogP contribution in [0.15, 0.2) is 89.9 Å². The number of aliphatic imine (C=N–C) groups is 1. The highest BCUT2D eigenvalue weighted by molar-refractivity contribution is 6.29. The van der Waals surface area contributed by atoms with E-state index in [2.05, 4.69) is 9.97 Å². The maximum atomic E-state index is 12.5. The maximum Gasteiger partial charge on any atom is 0.277 e. The molecule has 224 valence electrons. The number of methoxy groups -OCH3 is 2. The molecular weight excluding hydrogens is 574 g/mol. The molecule has 0 radical (unpaired) electrons. The smallest absolute Gasteiger partial charge is 0.277 e. The predicted molar refractivity (Wildman–Crippen MR) is 163 cm³/mol. The van der Waals surface area contributed by atoms with Gasteiger partial charge in [0, 0.05) is 37.4 Å². The minimum atomic E-state index is -0.319. The number of ether oxygens (including phenoxy) is 2. The van der Waals surface area contributed by atoms with Crippen LogP contribution in [0.4, 0.5) is 5.82 Å². The third-order valence-electron chi connectivity index (χ3n) is 5.91. The first kappa shape index (κ1) is 32.7. The Bertz CT molecular complexity index is 1510. The fourth-order valence-electron chi connectivity index (χ4n) is 3.61. The Morgan fingerprint density at radius 3 is 1.53 bits per heavy atom. The van der Waals surface area contributed by atoms with Gasteiger partial charge in [-0.1, -0.05) is 72.3 Å². The van der Waals surface area contributed by atoms with Gasteiger partial charge in [-0.25, -0.2) is 20.1 Å². The van der Waals surface area contributed by atoms with Gasteiger partial charge in [-0.15, -0.1) is 0 Å². The van der Waals surface area contributed by atoms with E-state index in [0.717, 1.165) is 27.0 Å². The molecule has 0 atom stereocenters. The van der Waals surface area contributed by atoms with E-state index in [1.165, 1.54) is 54.7 Å². The standard InChI is InChI=1S/C22H21N3O3.C9H11ClN2O3/c1-25(28-3)22(26)18-14-19(23-20(15-18)27-2)24-21(16-10-6-4-7-11-16)17-12-8-5-9-13-17;1-12(15-3)9(13)6-4-7(10)11-8(5-6)14-2/h4-15H,1-3H3;4-5H,1-3H3. The topological polar surface area (TPSA) is 116 Å². The summed E-state index contributed by atoms with van der Waals surface area (Å²) in [4.78, 5) is 46.9. The van der Waals surface area contributed by atoms with Crippen LogP contribution in [0.2, 0.25) is 5.15 Å². The lowest BCUT2D eigenvalue weighted by molar-refractivity contribution is -0.0757. The van der Waals surface area contributed by atoms with E-state index in [-0.39, 0.29) is 22.8 Å². The lowest BCUT2D eigenvalue weighted by Gasteiger charge is -2.14. The van der Waals surface area contributed by atoms with E-state index >= 15 is 0 Å². The molecule has 0 fully saturated rings. The first-order valence-electron chi connectivity index (χ1n) is 12.8. The summed E-state index contributed by atoms with van der Waals surface area (Å²) in [7, 11) is 8.82. The van der Waals surface area contributed by atoms with Crippen molar-refractivity contribution >= 4 is 34.9 Å². The summed E-state index contributed by atoms with van der Waals surface area (Å²) in [5, 5.41) is 2.42. The van der Waals surface area contributed by atoms with Crippen LogP contribution in [0.1, 0.15) is 31.8 Å². The number of halogens is 1. The molecule has 0 aliphatic rings. The molecule has 2 heterocycles. The van der Waals surface area contributed by atoms with Crippen LogP contribution in [0.5, 0.6) is 11.8 Å². The van der Waals surface area contributed by atoms with E-state index in [9.17, 15) is 9.59 Å². The number of carbonyl (C=O) groups is 2. The third kappa shape index (κ3) is 9.07. The molecule has 0 saturated carbocycles. The molecule has 0 aliphatic heterocycles. The van der Waals surface area contributed by atoms with Crippen LogP contribution in [0, 0.1) is 0 Å². The van der Waals surface area contributed by atoms with E-state index in [1.54, 1.807) is 12.1 Å². The van der Waals surface area contributed by atoms with Crippen molar-refractivity contribution in [1.29, 1.82) is 0 Å². The summed E-state index contributed by atoms with van der Waals surface area (Å²) in [6, 6.07) is 25.8. The molecule has 2 aromatic heterocycles. The molecule has 2 aromatic carbocycles. The Morgan fingerprint density at radius 1 is 0.651 bits per heavy atom. The Balaban J connectivity index is 0.000000285. The van der Waals surface area contributed by atoms with Gasteiger partial charge in [0.1, 0.15) is 5.15 Å². The molecule has 4 rings (SSSR count). The summed E-state index contributed by atoms with van der Waals surface area (Å²) >= 11 is 5.72. The highest BCUT2D eigenvalue weighted by Crippen LogP contribution is 2.23. The van der Waals surface area contributed by atoms with Gasteiger partial charge in [0.15, 0.2) is 5.82 Å². The number of nitrogens with zero attached hydrogens (tertiary/aromatic N) is 5. The molecule has 12 heteroatoms. The highest BCUT2D eigenvalue weighted by atomic mass is 35.5. The van der Waals surface area contributed by atoms with E-state index in [0.29, 0.717) is 22.8 Å². The van der Waals surface area contributed by atoms with Gasteiger partial charge < -0.3 is 9.47 Å². The molecule has 0 unspecified atom stereocenters. The maximum absolute atomic E-state index is 12.5. The van der Waals surface area contributed by atoms with Gasteiger partial charge in [-0.05, 0) is 12.1 Å². The number of pyridine rings is 2. The second kappa shape index (κ2) is 16.0. The lowest BCUT2D eigenvalue weighted by Crippen LogP contribution is -2.25. The Morgan fingerprint density at radius 2 is 1.09 bits per heavy atom. The van der Waals surface area contributed by atoms with Crippen molar-refractivity contribution in [3.8, 4) is 11.8 Å². The molecular formula is C31H32ClN5O6. The summed E-state index contributed by atoms with van der Waals surface area (Å²) < 4.78 is 10.2. The number of aromatic nitrogens is 2. The molecule has 43 heavy (non-hydrogen) atoms. The summed E-state index contributed by atoms with van der Waals surface area (Å²) in [5.41, 5.74) is 3.37. The van der Waals surface area contributed by atoms with Crippen molar-refractivity contribution in [2.24, 2.45) is 4.99 Å². The van der Waals surface area contributed by atoms with Crippen LogP contribution in [-0.2, 0) is 9.68 Å². The second-order valence-electron chi connectivity index (χ2n) is 8.64. The Hall–Kier alpha value is -4.84.